The molecule has 1 aromatic carbocycles. The van der Waals surface area contributed by atoms with E-state index in [0.29, 0.717) is 11.4 Å². The van der Waals surface area contributed by atoms with Gasteiger partial charge >= 0.3 is 0 Å². The van der Waals surface area contributed by atoms with Gasteiger partial charge in [0.25, 0.3) is 0 Å². The number of anilines is 2. The zero-order chi connectivity index (χ0) is 7.56. The second-order valence-electron chi connectivity index (χ2n) is 1.85. The summed E-state index contributed by atoms with van der Waals surface area (Å²) in [5, 5.41) is 0. The molecule has 1 aromatic rings. The van der Waals surface area contributed by atoms with Gasteiger partial charge in [-0.2, -0.15) is 0 Å². The van der Waals surface area contributed by atoms with Gasteiger partial charge in [0.05, 0.1) is 11.4 Å². The SMILES string of the molecule is Nc1cccc(SS)c1N. The van der Waals surface area contributed by atoms with Crippen LogP contribution in [0.3, 0.4) is 0 Å². The molecule has 0 aliphatic heterocycles. The number of hydrogen-bond donors (Lipinski definition) is 3. The van der Waals surface area contributed by atoms with Crippen LogP contribution in [0.2, 0.25) is 0 Å². The number of rotatable bonds is 1. The van der Waals surface area contributed by atoms with Crippen molar-refractivity contribution >= 4 is 33.8 Å². The highest BCUT2D eigenvalue weighted by Crippen LogP contribution is 2.30. The molecule has 0 saturated heterocycles. The van der Waals surface area contributed by atoms with E-state index in [-0.39, 0.29) is 0 Å². The zero-order valence-electron chi connectivity index (χ0n) is 5.24. The first-order valence-electron chi connectivity index (χ1n) is 2.71. The van der Waals surface area contributed by atoms with Crippen LogP contribution in [0.4, 0.5) is 11.4 Å². The predicted octanol–water partition coefficient (Wildman–Crippen LogP) is 1.79. The van der Waals surface area contributed by atoms with Gasteiger partial charge in [0.1, 0.15) is 0 Å². The van der Waals surface area contributed by atoms with E-state index in [2.05, 4.69) is 11.7 Å². The topological polar surface area (TPSA) is 52.0 Å². The van der Waals surface area contributed by atoms with Gasteiger partial charge in [0.2, 0.25) is 0 Å². The lowest BCUT2D eigenvalue weighted by Crippen LogP contribution is -1.94. The maximum Gasteiger partial charge on any atom is 0.0694 e. The van der Waals surface area contributed by atoms with E-state index < -0.39 is 0 Å². The first kappa shape index (κ1) is 7.63. The summed E-state index contributed by atoms with van der Waals surface area (Å²) in [5.74, 6) is 0. The maximum absolute atomic E-state index is 5.60. The molecule has 0 spiro atoms. The summed E-state index contributed by atoms with van der Waals surface area (Å²) in [4.78, 5) is 0.906. The third kappa shape index (κ3) is 1.33. The van der Waals surface area contributed by atoms with Gasteiger partial charge in [0, 0.05) is 4.90 Å². The van der Waals surface area contributed by atoms with Gasteiger partial charge in [-0.3, -0.25) is 0 Å². The number of hydrogen-bond acceptors (Lipinski definition) is 4. The minimum absolute atomic E-state index is 0.610. The third-order valence-electron chi connectivity index (χ3n) is 1.20. The van der Waals surface area contributed by atoms with E-state index in [4.69, 9.17) is 11.5 Å². The van der Waals surface area contributed by atoms with Gasteiger partial charge in [-0.25, -0.2) is 0 Å². The standard InChI is InChI=1S/C6H8N2S2/c7-4-2-1-3-5(10-9)6(4)8/h1-3,9H,7-8H2. The van der Waals surface area contributed by atoms with Crippen LogP contribution in [0.5, 0.6) is 0 Å². The number of para-hydroxylation sites is 1. The number of nitrogens with two attached hydrogens (primary N) is 2. The molecular formula is C6H8N2S2. The molecule has 0 aliphatic carbocycles. The average Bonchev–Trinajstić information content (AvgIpc) is 1.95. The van der Waals surface area contributed by atoms with Gasteiger partial charge in [-0.1, -0.05) is 16.9 Å². The van der Waals surface area contributed by atoms with E-state index in [1.54, 1.807) is 6.07 Å². The highest BCUT2D eigenvalue weighted by atomic mass is 33.1. The average molecular weight is 172 g/mol. The van der Waals surface area contributed by atoms with Gasteiger partial charge in [-0.15, -0.1) is 11.7 Å². The third-order valence-corrected chi connectivity index (χ3v) is 2.34. The quantitative estimate of drug-likeness (QED) is 0.344. The van der Waals surface area contributed by atoms with Crippen molar-refractivity contribution < 1.29 is 0 Å². The monoisotopic (exact) mass is 172 g/mol. The van der Waals surface area contributed by atoms with E-state index >= 15 is 0 Å². The molecule has 0 atom stereocenters. The van der Waals surface area contributed by atoms with Crippen LogP contribution in [-0.2, 0) is 0 Å². The van der Waals surface area contributed by atoms with Crippen LogP contribution >= 0.6 is 22.5 Å². The number of benzene rings is 1. The minimum atomic E-state index is 0.610. The molecule has 0 unspecified atom stereocenters. The molecule has 0 heterocycles. The van der Waals surface area contributed by atoms with Crippen molar-refractivity contribution in [3.63, 3.8) is 0 Å². The maximum atomic E-state index is 5.60. The summed E-state index contributed by atoms with van der Waals surface area (Å²) in [6, 6.07) is 5.50. The van der Waals surface area contributed by atoms with Crippen molar-refractivity contribution in [2.45, 2.75) is 4.90 Å². The van der Waals surface area contributed by atoms with E-state index in [9.17, 15) is 0 Å². The Morgan fingerprint density at radius 2 is 2.00 bits per heavy atom. The predicted molar refractivity (Wildman–Crippen MR) is 50.1 cm³/mol. The van der Waals surface area contributed by atoms with Crippen LogP contribution in [0.1, 0.15) is 0 Å². The summed E-state index contributed by atoms with van der Waals surface area (Å²) in [6.45, 7) is 0. The molecule has 10 heavy (non-hydrogen) atoms. The van der Waals surface area contributed by atoms with Gasteiger partial charge in [0.15, 0.2) is 0 Å². The Balaban J connectivity index is 3.14. The highest BCUT2D eigenvalue weighted by molar-refractivity contribution is 8.68. The Kier molecular flexibility index (Phi) is 2.34. The fourth-order valence-electron chi connectivity index (χ4n) is 0.641. The van der Waals surface area contributed by atoms with Crippen molar-refractivity contribution in [2.75, 3.05) is 11.5 Å². The summed E-state index contributed by atoms with van der Waals surface area (Å²) < 4.78 is 0. The minimum Gasteiger partial charge on any atom is -0.397 e. The van der Waals surface area contributed by atoms with Crippen LogP contribution in [0.25, 0.3) is 0 Å². The Morgan fingerprint density at radius 3 is 2.50 bits per heavy atom. The molecule has 0 fully saturated rings. The summed E-state index contributed by atoms with van der Waals surface area (Å²) in [6.07, 6.45) is 0. The first-order chi connectivity index (χ1) is 4.75. The second kappa shape index (κ2) is 3.07. The molecule has 0 bridgehead atoms. The first-order valence-corrected chi connectivity index (χ1v) is 4.58. The van der Waals surface area contributed by atoms with Crippen LogP contribution < -0.4 is 11.5 Å². The summed E-state index contributed by atoms with van der Waals surface area (Å²) in [5.41, 5.74) is 12.3. The van der Waals surface area contributed by atoms with E-state index in [1.807, 2.05) is 12.1 Å². The van der Waals surface area contributed by atoms with Crippen molar-refractivity contribution in [1.82, 2.24) is 0 Å². The van der Waals surface area contributed by atoms with E-state index in [1.165, 1.54) is 10.8 Å². The lowest BCUT2D eigenvalue weighted by atomic mass is 10.3. The lowest BCUT2D eigenvalue weighted by molar-refractivity contribution is 1.47. The smallest absolute Gasteiger partial charge is 0.0694 e. The summed E-state index contributed by atoms with van der Waals surface area (Å²) in [7, 11) is 1.30. The zero-order valence-corrected chi connectivity index (χ0v) is 6.95. The molecule has 4 N–H and O–H groups in total. The second-order valence-corrected chi connectivity index (χ2v) is 3.02. The molecular weight excluding hydrogens is 164 g/mol. The molecule has 0 radical (unpaired) electrons. The van der Waals surface area contributed by atoms with Gasteiger partial charge in [-0.05, 0) is 12.1 Å². The largest absolute Gasteiger partial charge is 0.397 e. The molecule has 0 aliphatic rings. The van der Waals surface area contributed by atoms with Crippen LogP contribution in [0, 0.1) is 0 Å². The van der Waals surface area contributed by atoms with Crippen LogP contribution in [0.15, 0.2) is 23.1 Å². The Morgan fingerprint density at radius 1 is 1.30 bits per heavy atom. The van der Waals surface area contributed by atoms with Crippen molar-refractivity contribution in [2.24, 2.45) is 0 Å². The fraction of sp³-hybridized carbons (Fsp3) is 0. The fourth-order valence-corrected chi connectivity index (χ4v) is 1.47. The Bertz CT molecular complexity index is 237. The molecule has 0 aromatic heterocycles. The molecule has 4 heteroatoms. The number of nitrogen functional groups attached to an aromatic ring is 2. The molecule has 54 valence electrons. The normalized spacial score (nSPS) is 9.70. The van der Waals surface area contributed by atoms with Crippen molar-refractivity contribution in [3.05, 3.63) is 18.2 Å². The van der Waals surface area contributed by atoms with E-state index in [0.717, 1.165) is 4.90 Å². The van der Waals surface area contributed by atoms with Crippen molar-refractivity contribution in [3.8, 4) is 0 Å². The Labute approximate surface area is 68.8 Å². The molecule has 0 saturated carbocycles. The van der Waals surface area contributed by atoms with Gasteiger partial charge < -0.3 is 11.5 Å². The molecule has 0 amide bonds. The van der Waals surface area contributed by atoms with Crippen LogP contribution in [-0.4, -0.2) is 0 Å². The number of thiol groups is 1. The lowest BCUT2D eigenvalue weighted by Gasteiger charge is -2.02. The highest BCUT2D eigenvalue weighted by Gasteiger charge is 1.98. The van der Waals surface area contributed by atoms with Crippen molar-refractivity contribution in [1.29, 1.82) is 0 Å². The Hall–Kier alpha value is -0.480. The summed E-state index contributed by atoms with van der Waals surface area (Å²) >= 11 is 4.01. The molecule has 2 nitrogen and oxygen atoms in total. The molecule has 1 rings (SSSR count).